The fourth-order valence-corrected chi connectivity index (χ4v) is 2.82. The van der Waals surface area contributed by atoms with Crippen molar-refractivity contribution in [2.75, 3.05) is 25.1 Å². The zero-order valence-electron chi connectivity index (χ0n) is 10.8. The number of hydrogen-bond acceptors (Lipinski definition) is 3. The van der Waals surface area contributed by atoms with Gasteiger partial charge in [-0.3, -0.25) is 0 Å². The molecule has 1 aliphatic carbocycles. The quantitative estimate of drug-likeness (QED) is 0.805. The summed E-state index contributed by atoms with van der Waals surface area (Å²) in [6.45, 7) is 4.47. The summed E-state index contributed by atoms with van der Waals surface area (Å²) in [5.74, 6) is 1.28. The molecule has 1 aromatic heterocycles. The van der Waals surface area contributed by atoms with Crippen molar-refractivity contribution in [3.05, 3.63) is 11.8 Å². The lowest BCUT2D eigenvalue weighted by Crippen LogP contribution is -2.34. The summed E-state index contributed by atoms with van der Waals surface area (Å²) in [5, 5.41) is 4.55. The number of aryl methyl sites for hydroxylation is 1. The van der Waals surface area contributed by atoms with Crippen molar-refractivity contribution in [2.45, 2.75) is 44.8 Å². The molecule has 94 valence electrons. The van der Waals surface area contributed by atoms with E-state index in [-0.39, 0.29) is 5.72 Å². The topological polar surface area (TPSA) is 30.3 Å². The maximum Gasteiger partial charge on any atom is 0.163 e. The van der Waals surface area contributed by atoms with E-state index in [4.69, 9.17) is 4.74 Å². The number of ether oxygens (including phenoxy) is 1. The molecule has 2 heterocycles. The second-order valence-corrected chi connectivity index (χ2v) is 5.26. The molecule has 0 amide bonds. The van der Waals surface area contributed by atoms with Crippen LogP contribution in [0.4, 0.5) is 5.82 Å². The monoisotopic (exact) mass is 235 g/mol. The van der Waals surface area contributed by atoms with Crippen LogP contribution in [0.15, 0.2) is 6.20 Å². The van der Waals surface area contributed by atoms with Crippen LogP contribution in [0.3, 0.4) is 0 Å². The lowest BCUT2D eigenvalue weighted by Gasteiger charge is -2.31. The van der Waals surface area contributed by atoms with E-state index in [0.29, 0.717) is 0 Å². The molecule has 0 atom stereocenters. The molecule has 1 saturated heterocycles. The maximum atomic E-state index is 5.65. The first-order valence-corrected chi connectivity index (χ1v) is 6.62. The van der Waals surface area contributed by atoms with Crippen molar-refractivity contribution in [1.29, 1.82) is 0 Å². The summed E-state index contributed by atoms with van der Waals surface area (Å²) >= 11 is 0. The van der Waals surface area contributed by atoms with Crippen molar-refractivity contribution in [2.24, 2.45) is 0 Å². The lowest BCUT2D eigenvalue weighted by molar-refractivity contribution is 0.00703. The van der Waals surface area contributed by atoms with Crippen LogP contribution in [-0.4, -0.2) is 30.0 Å². The first kappa shape index (κ1) is 11.1. The normalized spacial score (nSPS) is 22.8. The Balaban J connectivity index is 1.94. The first-order chi connectivity index (χ1) is 8.27. The van der Waals surface area contributed by atoms with E-state index in [1.165, 1.54) is 30.6 Å². The number of aromatic nitrogens is 2. The first-order valence-electron chi connectivity index (χ1n) is 6.62. The van der Waals surface area contributed by atoms with Gasteiger partial charge in [0.2, 0.25) is 0 Å². The summed E-state index contributed by atoms with van der Waals surface area (Å²) < 4.78 is 7.77. The molecular formula is C13H21N3O. The third-order valence-electron chi connectivity index (χ3n) is 4.02. The van der Waals surface area contributed by atoms with Crippen LogP contribution in [0.1, 0.15) is 37.7 Å². The van der Waals surface area contributed by atoms with Crippen molar-refractivity contribution >= 4 is 5.82 Å². The van der Waals surface area contributed by atoms with Gasteiger partial charge in [0.05, 0.1) is 6.20 Å². The molecule has 0 spiro atoms. The predicted molar refractivity (Wildman–Crippen MR) is 67.2 cm³/mol. The van der Waals surface area contributed by atoms with E-state index in [1.807, 2.05) is 6.20 Å². The maximum absolute atomic E-state index is 5.65. The van der Waals surface area contributed by atoms with Crippen LogP contribution in [-0.2, 0) is 10.5 Å². The minimum absolute atomic E-state index is 0.138. The van der Waals surface area contributed by atoms with Crippen molar-refractivity contribution in [3.8, 4) is 0 Å². The summed E-state index contributed by atoms with van der Waals surface area (Å²) in [4.78, 5) is 2.48. The third-order valence-corrected chi connectivity index (χ3v) is 4.02. The van der Waals surface area contributed by atoms with Gasteiger partial charge in [-0.25, -0.2) is 4.68 Å². The molecular weight excluding hydrogens is 214 g/mol. The van der Waals surface area contributed by atoms with Crippen LogP contribution < -0.4 is 4.90 Å². The van der Waals surface area contributed by atoms with E-state index in [9.17, 15) is 0 Å². The molecule has 1 saturated carbocycles. The summed E-state index contributed by atoms with van der Waals surface area (Å²) in [5.41, 5.74) is 1.14. The van der Waals surface area contributed by atoms with Gasteiger partial charge in [-0.2, -0.15) is 5.10 Å². The number of nitrogens with zero attached hydrogens (tertiary/aromatic N) is 3. The molecule has 4 heteroatoms. The molecule has 2 aliphatic rings. The van der Waals surface area contributed by atoms with Crippen molar-refractivity contribution in [3.63, 3.8) is 0 Å². The predicted octanol–water partition coefficient (Wildman–Crippen LogP) is 2.27. The van der Waals surface area contributed by atoms with E-state index in [0.717, 1.165) is 25.9 Å². The van der Waals surface area contributed by atoms with Gasteiger partial charge in [-0.15, -0.1) is 0 Å². The number of rotatable bonds is 3. The van der Waals surface area contributed by atoms with E-state index >= 15 is 0 Å². The van der Waals surface area contributed by atoms with Gasteiger partial charge < -0.3 is 9.64 Å². The fourth-order valence-electron chi connectivity index (χ4n) is 2.82. The highest BCUT2D eigenvalue weighted by Crippen LogP contribution is 2.46. The van der Waals surface area contributed by atoms with E-state index in [1.54, 1.807) is 7.11 Å². The lowest BCUT2D eigenvalue weighted by atomic mass is 10.1. The second-order valence-electron chi connectivity index (χ2n) is 5.26. The van der Waals surface area contributed by atoms with Gasteiger partial charge >= 0.3 is 0 Å². The standard InChI is InChI=1S/C13H21N3O/c1-11-10-14-16(13(17-2)6-7-13)12(11)15-8-4-3-5-9-15/h10H,3-9H2,1-2H3. The zero-order valence-corrected chi connectivity index (χ0v) is 10.8. The Kier molecular flexibility index (Phi) is 2.62. The molecule has 1 aliphatic heterocycles. The summed E-state index contributed by atoms with van der Waals surface area (Å²) in [7, 11) is 1.80. The van der Waals surface area contributed by atoms with E-state index < -0.39 is 0 Å². The number of methoxy groups -OCH3 is 1. The highest BCUT2D eigenvalue weighted by Gasteiger charge is 2.48. The molecule has 1 aromatic rings. The van der Waals surface area contributed by atoms with Gasteiger partial charge in [0.15, 0.2) is 5.72 Å². The van der Waals surface area contributed by atoms with Gasteiger partial charge in [0.25, 0.3) is 0 Å². The highest BCUT2D eigenvalue weighted by atomic mass is 16.5. The second kappa shape index (κ2) is 4.02. The Morgan fingerprint density at radius 3 is 2.53 bits per heavy atom. The van der Waals surface area contributed by atoms with Crippen molar-refractivity contribution in [1.82, 2.24) is 9.78 Å². The van der Waals surface area contributed by atoms with Crippen LogP contribution in [0, 0.1) is 6.92 Å². The highest BCUT2D eigenvalue weighted by molar-refractivity contribution is 5.47. The molecule has 0 N–H and O–H groups in total. The number of hydrogen-bond donors (Lipinski definition) is 0. The molecule has 3 rings (SSSR count). The van der Waals surface area contributed by atoms with Crippen LogP contribution in [0.25, 0.3) is 0 Å². The van der Waals surface area contributed by atoms with Gasteiger partial charge in [0.1, 0.15) is 5.82 Å². The van der Waals surface area contributed by atoms with Gasteiger partial charge in [-0.05, 0) is 26.2 Å². The Bertz CT molecular complexity index is 403. The van der Waals surface area contributed by atoms with Gasteiger partial charge in [0, 0.05) is 38.6 Å². The van der Waals surface area contributed by atoms with Crippen LogP contribution in [0.2, 0.25) is 0 Å². The number of anilines is 1. The Morgan fingerprint density at radius 2 is 1.94 bits per heavy atom. The van der Waals surface area contributed by atoms with Gasteiger partial charge in [-0.1, -0.05) is 0 Å². The molecule has 0 bridgehead atoms. The molecule has 0 radical (unpaired) electrons. The SMILES string of the molecule is COC1(n2ncc(C)c2N2CCCCC2)CC1. The minimum atomic E-state index is -0.138. The summed E-state index contributed by atoms with van der Waals surface area (Å²) in [6.07, 6.45) is 8.11. The Hall–Kier alpha value is -1.03. The summed E-state index contributed by atoms with van der Waals surface area (Å²) in [6, 6.07) is 0. The largest absolute Gasteiger partial charge is 0.357 e. The van der Waals surface area contributed by atoms with Crippen molar-refractivity contribution < 1.29 is 4.74 Å². The molecule has 0 unspecified atom stereocenters. The number of piperidine rings is 1. The molecule has 0 aromatic carbocycles. The zero-order chi connectivity index (χ0) is 11.9. The van der Waals surface area contributed by atoms with Crippen LogP contribution >= 0.6 is 0 Å². The molecule has 2 fully saturated rings. The smallest absolute Gasteiger partial charge is 0.163 e. The fraction of sp³-hybridized carbons (Fsp3) is 0.769. The third kappa shape index (κ3) is 1.75. The minimum Gasteiger partial charge on any atom is -0.357 e. The van der Waals surface area contributed by atoms with E-state index in [2.05, 4.69) is 21.6 Å². The average molecular weight is 235 g/mol. The average Bonchev–Trinajstić information content (AvgIpc) is 3.08. The molecule has 17 heavy (non-hydrogen) atoms. The Morgan fingerprint density at radius 1 is 1.24 bits per heavy atom. The molecule has 4 nitrogen and oxygen atoms in total. The van der Waals surface area contributed by atoms with Crippen LogP contribution in [0.5, 0.6) is 0 Å². The Labute approximate surface area is 103 Å².